The van der Waals surface area contributed by atoms with Crippen LogP contribution in [0.25, 0.3) is 0 Å². The number of nitrogens with zero attached hydrogens (tertiary/aromatic N) is 2. The summed E-state index contributed by atoms with van der Waals surface area (Å²) < 4.78 is 25.6. The highest BCUT2D eigenvalue weighted by Gasteiger charge is 2.41. The predicted molar refractivity (Wildman–Crippen MR) is 106 cm³/mol. The van der Waals surface area contributed by atoms with Crippen LogP contribution in [-0.4, -0.2) is 50.0 Å². The topological polar surface area (TPSA) is 74.8 Å². The Morgan fingerprint density at radius 2 is 1.57 bits per heavy atom. The molecule has 2 unspecified atom stereocenters. The van der Waals surface area contributed by atoms with Crippen LogP contribution in [0.3, 0.4) is 0 Å². The van der Waals surface area contributed by atoms with Crippen molar-refractivity contribution in [3.8, 4) is 0 Å². The fraction of sp³-hybridized carbons (Fsp3) is 0.333. The first-order chi connectivity index (χ1) is 13.5. The third-order valence-electron chi connectivity index (χ3n) is 5.51. The quantitative estimate of drug-likeness (QED) is 0.791. The summed E-state index contributed by atoms with van der Waals surface area (Å²) in [5, 5.41) is -0.596. The number of carbonyl (C=O) groups excluding carboxylic acids is 2. The maximum atomic E-state index is 12.9. The smallest absolute Gasteiger partial charge is 0.228 e. The Kier molecular flexibility index (Phi) is 4.93. The monoisotopic (exact) mass is 398 g/mol. The number of anilines is 1. The third-order valence-corrected chi connectivity index (χ3v) is 7.70. The van der Waals surface area contributed by atoms with Crippen LogP contribution in [0.15, 0.2) is 65.6 Å². The zero-order chi connectivity index (χ0) is 19.7. The van der Waals surface area contributed by atoms with Gasteiger partial charge in [-0.3, -0.25) is 9.59 Å². The fourth-order valence-corrected chi connectivity index (χ4v) is 5.69. The van der Waals surface area contributed by atoms with Gasteiger partial charge < -0.3 is 9.80 Å². The van der Waals surface area contributed by atoms with Gasteiger partial charge >= 0.3 is 0 Å². The van der Waals surface area contributed by atoms with E-state index >= 15 is 0 Å². The van der Waals surface area contributed by atoms with Gasteiger partial charge in [0.1, 0.15) is 0 Å². The largest absolute Gasteiger partial charge is 0.341 e. The average Bonchev–Trinajstić information content (AvgIpc) is 3.36. The minimum Gasteiger partial charge on any atom is -0.341 e. The summed E-state index contributed by atoms with van der Waals surface area (Å²) in [5.74, 6) is -0.624. The van der Waals surface area contributed by atoms with Gasteiger partial charge in [-0.15, -0.1) is 0 Å². The van der Waals surface area contributed by atoms with Crippen LogP contribution in [0.2, 0.25) is 0 Å². The summed E-state index contributed by atoms with van der Waals surface area (Å²) in [6.45, 7) is 0.936. The van der Waals surface area contributed by atoms with Crippen molar-refractivity contribution in [1.29, 1.82) is 0 Å². The molecule has 2 aliphatic heterocycles. The Bertz CT molecular complexity index is 976. The number of sulfone groups is 1. The van der Waals surface area contributed by atoms with Crippen molar-refractivity contribution in [3.05, 3.63) is 60.7 Å². The predicted octanol–water partition coefficient (Wildman–Crippen LogP) is 2.11. The molecule has 0 N–H and O–H groups in total. The van der Waals surface area contributed by atoms with E-state index < -0.39 is 21.0 Å². The Morgan fingerprint density at radius 3 is 2.25 bits per heavy atom. The number of amides is 2. The van der Waals surface area contributed by atoms with Crippen LogP contribution in [-0.2, 0) is 19.4 Å². The van der Waals surface area contributed by atoms with Crippen molar-refractivity contribution in [1.82, 2.24) is 4.90 Å². The molecule has 2 aromatic carbocycles. The molecule has 6 nitrogen and oxygen atoms in total. The molecule has 2 amide bonds. The Balaban J connectivity index is 1.44. The standard InChI is InChI=1S/C21H22N2O4S/c24-20-13-16(14-23(20)17-7-3-1-4-8-17)21(25)22-12-11-19(15-22)28(26,27)18-9-5-2-6-10-18/h1-10,16,19H,11-15H2. The van der Waals surface area contributed by atoms with Crippen LogP contribution < -0.4 is 4.90 Å². The first kappa shape index (κ1) is 18.7. The lowest BCUT2D eigenvalue weighted by molar-refractivity contribution is -0.134. The summed E-state index contributed by atoms with van der Waals surface area (Å²) >= 11 is 0. The summed E-state index contributed by atoms with van der Waals surface area (Å²) in [4.78, 5) is 28.8. The summed E-state index contributed by atoms with van der Waals surface area (Å²) in [6, 6.07) is 17.7. The molecule has 0 aromatic heterocycles. The molecule has 2 aromatic rings. The molecule has 2 heterocycles. The number of likely N-dealkylation sites (tertiary alicyclic amines) is 1. The van der Waals surface area contributed by atoms with Crippen molar-refractivity contribution in [2.24, 2.45) is 5.92 Å². The molecule has 28 heavy (non-hydrogen) atoms. The number of hydrogen-bond donors (Lipinski definition) is 0. The van der Waals surface area contributed by atoms with Crippen molar-refractivity contribution in [3.63, 3.8) is 0 Å². The maximum absolute atomic E-state index is 12.9. The normalized spacial score (nSPS) is 22.6. The lowest BCUT2D eigenvalue weighted by Gasteiger charge is -2.21. The molecule has 2 fully saturated rings. The molecule has 0 radical (unpaired) electrons. The molecular formula is C21H22N2O4S. The molecule has 146 valence electrons. The molecule has 0 saturated carbocycles. The second kappa shape index (κ2) is 7.39. The first-order valence-electron chi connectivity index (χ1n) is 9.40. The number of benzene rings is 2. The highest BCUT2D eigenvalue weighted by molar-refractivity contribution is 7.92. The van der Waals surface area contributed by atoms with E-state index in [1.165, 1.54) is 0 Å². The number of rotatable bonds is 4. The minimum atomic E-state index is -3.46. The van der Waals surface area contributed by atoms with E-state index in [0.717, 1.165) is 5.69 Å². The van der Waals surface area contributed by atoms with Crippen LogP contribution in [0, 0.1) is 5.92 Å². The van der Waals surface area contributed by atoms with Gasteiger partial charge in [-0.25, -0.2) is 8.42 Å². The van der Waals surface area contributed by atoms with Gasteiger partial charge in [-0.05, 0) is 30.7 Å². The SMILES string of the molecule is O=C(C1CC(=O)N(c2ccccc2)C1)N1CCC(S(=O)(=O)c2ccccc2)C1. The number of para-hydroxylation sites is 1. The lowest BCUT2D eigenvalue weighted by Crippen LogP contribution is -2.37. The zero-order valence-corrected chi connectivity index (χ0v) is 16.2. The van der Waals surface area contributed by atoms with Gasteiger partial charge in [0.05, 0.1) is 16.1 Å². The van der Waals surface area contributed by atoms with E-state index in [1.54, 1.807) is 40.1 Å². The van der Waals surface area contributed by atoms with E-state index in [-0.39, 0.29) is 24.8 Å². The zero-order valence-electron chi connectivity index (χ0n) is 15.4. The molecule has 2 saturated heterocycles. The maximum Gasteiger partial charge on any atom is 0.228 e. The summed E-state index contributed by atoms with van der Waals surface area (Å²) in [7, 11) is -3.46. The van der Waals surface area contributed by atoms with E-state index in [1.807, 2.05) is 30.3 Å². The first-order valence-corrected chi connectivity index (χ1v) is 10.9. The molecule has 2 atom stereocenters. The van der Waals surface area contributed by atoms with Crippen LogP contribution >= 0.6 is 0 Å². The van der Waals surface area contributed by atoms with Crippen molar-refractivity contribution < 1.29 is 18.0 Å². The van der Waals surface area contributed by atoms with E-state index in [4.69, 9.17) is 0 Å². The van der Waals surface area contributed by atoms with Gasteiger partial charge in [-0.1, -0.05) is 36.4 Å². The highest BCUT2D eigenvalue weighted by Crippen LogP contribution is 2.29. The van der Waals surface area contributed by atoms with E-state index in [9.17, 15) is 18.0 Å². The lowest BCUT2D eigenvalue weighted by atomic mass is 10.1. The van der Waals surface area contributed by atoms with E-state index in [2.05, 4.69) is 0 Å². The summed E-state index contributed by atoms with van der Waals surface area (Å²) in [5.41, 5.74) is 0.786. The molecule has 4 rings (SSSR count). The minimum absolute atomic E-state index is 0.0720. The Labute approximate surface area is 164 Å². The van der Waals surface area contributed by atoms with Gasteiger partial charge in [0.15, 0.2) is 9.84 Å². The molecule has 0 aliphatic carbocycles. The van der Waals surface area contributed by atoms with Gasteiger partial charge in [-0.2, -0.15) is 0 Å². The van der Waals surface area contributed by atoms with Crippen molar-refractivity contribution in [2.45, 2.75) is 23.0 Å². The molecule has 7 heteroatoms. The average molecular weight is 398 g/mol. The second-order valence-electron chi connectivity index (χ2n) is 7.29. The van der Waals surface area contributed by atoms with E-state index in [0.29, 0.717) is 24.4 Å². The Hall–Kier alpha value is -2.67. The fourth-order valence-electron chi connectivity index (χ4n) is 3.97. The second-order valence-corrected chi connectivity index (χ2v) is 9.52. The molecule has 2 aliphatic rings. The van der Waals surface area contributed by atoms with Gasteiger partial charge in [0.2, 0.25) is 11.8 Å². The van der Waals surface area contributed by atoms with Crippen molar-refractivity contribution >= 4 is 27.3 Å². The van der Waals surface area contributed by atoms with Crippen LogP contribution in [0.1, 0.15) is 12.8 Å². The van der Waals surface area contributed by atoms with Crippen LogP contribution in [0.5, 0.6) is 0 Å². The van der Waals surface area contributed by atoms with Crippen LogP contribution in [0.4, 0.5) is 5.69 Å². The third kappa shape index (κ3) is 3.42. The van der Waals surface area contributed by atoms with Gasteiger partial charge in [0, 0.05) is 31.7 Å². The van der Waals surface area contributed by atoms with Crippen molar-refractivity contribution in [2.75, 3.05) is 24.5 Å². The highest BCUT2D eigenvalue weighted by atomic mass is 32.2. The number of hydrogen-bond acceptors (Lipinski definition) is 4. The molecule has 0 spiro atoms. The molecule has 0 bridgehead atoms. The Morgan fingerprint density at radius 1 is 0.929 bits per heavy atom. The molecular weight excluding hydrogens is 376 g/mol. The number of carbonyl (C=O) groups is 2. The summed E-state index contributed by atoms with van der Waals surface area (Å²) in [6.07, 6.45) is 0.590. The van der Waals surface area contributed by atoms with Gasteiger partial charge in [0.25, 0.3) is 0 Å².